The van der Waals surface area contributed by atoms with Gasteiger partial charge in [0.15, 0.2) is 11.6 Å². The summed E-state index contributed by atoms with van der Waals surface area (Å²) in [6.45, 7) is 1.97. The van der Waals surface area contributed by atoms with Crippen LogP contribution in [0.1, 0.15) is 18.5 Å². The molecule has 1 atom stereocenters. The lowest BCUT2D eigenvalue weighted by atomic mass is 10.1. The highest BCUT2D eigenvalue weighted by Gasteiger charge is 2.07. The summed E-state index contributed by atoms with van der Waals surface area (Å²) >= 11 is 0. The van der Waals surface area contributed by atoms with Gasteiger partial charge in [0, 0.05) is 6.04 Å². The fourth-order valence-electron chi connectivity index (χ4n) is 1.12. The quantitative estimate of drug-likeness (QED) is 0.775. The molecule has 72 valence electrons. The SMILES string of the molecule is CN[C@@H](C)c1ccc(OC)c(F)c1. The predicted molar refractivity (Wildman–Crippen MR) is 50.4 cm³/mol. The predicted octanol–water partition coefficient (Wildman–Crippen LogP) is 2.11. The Morgan fingerprint density at radius 3 is 2.62 bits per heavy atom. The van der Waals surface area contributed by atoms with Gasteiger partial charge in [0.1, 0.15) is 0 Å². The zero-order valence-electron chi connectivity index (χ0n) is 8.10. The minimum atomic E-state index is -0.317. The van der Waals surface area contributed by atoms with Crippen LogP contribution in [0.4, 0.5) is 4.39 Å². The third-order valence-electron chi connectivity index (χ3n) is 2.11. The molecule has 0 unspecified atom stereocenters. The summed E-state index contributed by atoms with van der Waals surface area (Å²) in [6.07, 6.45) is 0. The van der Waals surface area contributed by atoms with Crippen LogP contribution in [-0.4, -0.2) is 14.2 Å². The second-order valence-corrected chi connectivity index (χ2v) is 2.90. The first-order chi connectivity index (χ1) is 6.19. The van der Waals surface area contributed by atoms with E-state index in [9.17, 15) is 4.39 Å². The lowest BCUT2D eigenvalue weighted by Crippen LogP contribution is -2.12. The molecule has 1 aromatic carbocycles. The number of hydrogen-bond acceptors (Lipinski definition) is 2. The largest absolute Gasteiger partial charge is 0.494 e. The Labute approximate surface area is 77.7 Å². The van der Waals surface area contributed by atoms with Gasteiger partial charge in [0.2, 0.25) is 0 Å². The summed E-state index contributed by atoms with van der Waals surface area (Å²) < 4.78 is 18.0. The van der Waals surface area contributed by atoms with Crippen molar-refractivity contribution in [2.75, 3.05) is 14.2 Å². The molecule has 13 heavy (non-hydrogen) atoms. The zero-order valence-corrected chi connectivity index (χ0v) is 8.10. The van der Waals surface area contributed by atoms with E-state index in [0.717, 1.165) is 5.56 Å². The Morgan fingerprint density at radius 1 is 1.46 bits per heavy atom. The van der Waals surface area contributed by atoms with Crippen LogP contribution in [0, 0.1) is 5.82 Å². The summed E-state index contributed by atoms with van der Waals surface area (Å²) in [6, 6.07) is 5.13. The molecule has 0 aliphatic rings. The van der Waals surface area contributed by atoms with E-state index in [2.05, 4.69) is 5.32 Å². The van der Waals surface area contributed by atoms with Gasteiger partial charge in [-0.05, 0) is 31.7 Å². The van der Waals surface area contributed by atoms with Crippen LogP contribution in [0.3, 0.4) is 0 Å². The molecule has 0 spiro atoms. The molecule has 0 saturated heterocycles. The molecule has 1 N–H and O–H groups in total. The van der Waals surface area contributed by atoms with E-state index in [-0.39, 0.29) is 17.6 Å². The van der Waals surface area contributed by atoms with Crippen LogP contribution in [0.5, 0.6) is 5.75 Å². The Balaban J connectivity index is 2.95. The number of nitrogens with one attached hydrogen (secondary N) is 1. The van der Waals surface area contributed by atoms with Crippen molar-refractivity contribution >= 4 is 0 Å². The maximum Gasteiger partial charge on any atom is 0.165 e. The second kappa shape index (κ2) is 4.23. The van der Waals surface area contributed by atoms with Crippen LogP contribution in [-0.2, 0) is 0 Å². The van der Waals surface area contributed by atoms with Crippen LogP contribution in [0.25, 0.3) is 0 Å². The molecule has 0 aromatic heterocycles. The number of rotatable bonds is 3. The highest BCUT2D eigenvalue weighted by Crippen LogP contribution is 2.21. The van der Waals surface area contributed by atoms with E-state index in [1.165, 1.54) is 13.2 Å². The maximum atomic E-state index is 13.2. The molecule has 0 heterocycles. The van der Waals surface area contributed by atoms with E-state index >= 15 is 0 Å². The normalized spacial score (nSPS) is 12.6. The molecule has 0 amide bonds. The monoisotopic (exact) mass is 183 g/mol. The minimum Gasteiger partial charge on any atom is -0.494 e. The molecule has 0 fully saturated rings. The van der Waals surface area contributed by atoms with E-state index in [1.807, 2.05) is 20.0 Å². The highest BCUT2D eigenvalue weighted by atomic mass is 19.1. The molecule has 0 bridgehead atoms. The van der Waals surface area contributed by atoms with Crippen molar-refractivity contribution in [3.05, 3.63) is 29.6 Å². The van der Waals surface area contributed by atoms with Gasteiger partial charge in [-0.3, -0.25) is 0 Å². The first-order valence-electron chi connectivity index (χ1n) is 4.19. The van der Waals surface area contributed by atoms with Gasteiger partial charge >= 0.3 is 0 Å². The third-order valence-corrected chi connectivity index (χ3v) is 2.11. The lowest BCUT2D eigenvalue weighted by molar-refractivity contribution is 0.385. The molecule has 3 heteroatoms. The summed E-state index contributed by atoms with van der Waals surface area (Å²) in [5.74, 6) is -0.0332. The van der Waals surface area contributed by atoms with Crippen LogP contribution < -0.4 is 10.1 Å². The van der Waals surface area contributed by atoms with Crippen molar-refractivity contribution in [3.63, 3.8) is 0 Å². The Hall–Kier alpha value is -1.09. The number of halogens is 1. The molecule has 0 aliphatic heterocycles. The molecular formula is C10H14FNO. The van der Waals surface area contributed by atoms with Crippen molar-refractivity contribution in [3.8, 4) is 5.75 Å². The third kappa shape index (κ3) is 2.18. The average Bonchev–Trinajstić information content (AvgIpc) is 2.16. The standard InChI is InChI=1S/C10H14FNO/c1-7(12-2)8-4-5-10(13-3)9(11)6-8/h4-7,12H,1-3H3/t7-/m0/s1. The van der Waals surface area contributed by atoms with Gasteiger partial charge in [-0.25, -0.2) is 4.39 Å². The van der Waals surface area contributed by atoms with Crippen molar-refractivity contribution in [1.82, 2.24) is 5.32 Å². The number of benzene rings is 1. The number of hydrogen-bond donors (Lipinski definition) is 1. The Bertz CT molecular complexity index is 288. The van der Waals surface area contributed by atoms with Crippen molar-refractivity contribution in [2.45, 2.75) is 13.0 Å². The molecule has 0 aliphatic carbocycles. The molecule has 2 nitrogen and oxygen atoms in total. The van der Waals surface area contributed by atoms with E-state index in [4.69, 9.17) is 4.74 Å². The first kappa shape index (κ1) is 9.99. The van der Waals surface area contributed by atoms with Crippen molar-refractivity contribution in [2.24, 2.45) is 0 Å². The van der Waals surface area contributed by atoms with Gasteiger partial charge < -0.3 is 10.1 Å². The summed E-state index contributed by atoms with van der Waals surface area (Å²) in [5.41, 5.74) is 0.917. The van der Waals surface area contributed by atoms with Crippen LogP contribution in [0.15, 0.2) is 18.2 Å². The summed E-state index contributed by atoms with van der Waals surface area (Å²) in [5, 5.41) is 3.04. The van der Waals surface area contributed by atoms with Gasteiger partial charge in [-0.2, -0.15) is 0 Å². The van der Waals surface area contributed by atoms with Crippen molar-refractivity contribution < 1.29 is 9.13 Å². The Kier molecular flexibility index (Phi) is 3.25. The molecular weight excluding hydrogens is 169 g/mol. The first-order valence-corrected chi connectivity index (χ1v) is 4.19. The highest BCUT2D eigenvalue weighted by molar-refractivity contribution is 5.30. The van der Waals surface area contributed by atoms with Crippen molar-refractivity contribution in [1.29, 1.82) is 0 Å². The van der Waals surface area contributed by atoms with Gasteiger partial charge in [0.25, 0.3) is 0 Å². The lowest BCUT2D eigenvalue weighted by Gasteiger charge is -2.11. The fourth-order valence-corrected chi connectivity index (χ4v) is 1.12. The number of ether oxygens (including phenoxy) is 1. The molecule has 0 radical (unpaired) electrons. The second-order valence-electron chi connectivity index (χ2n) is 2.90. The summed E-state index contributed by atoms with van der Waals surface area (Å²) in [7, 11) is 3.30. The van der Waals surface area contributed by atoms with Crippen LogP contribution in [0.2, 0.25) is 0 Å². The van der Waals surface area contributed by atoms with E-state index in [1.54, 1.807) is 6.07 Å². The van der Waals surface area contributed by atoms with Crippen LogP contribution >= 0.6 is 0 Å². The molecule has 0 saturated carbocycles. The van der Waals surface area contributed by atoms with Gasteiger partial charge in [-0.1, -0.05) is 6.07 Å². The zero-order chi connectivity index (χ0) is 9.84. The molecule has 1 aromatic rings. The van der Waals surface area contributed by atoms with Gasteiger partial charge in [0.05, 0.1) is 7.11 Å². The van der Waals surface area contributed by atoms with E-state index in [0.29, 0.717) is 0 Å². The smallest absolute Gasteiger partial charge is 0.165 e. The van der Waals surface area contributed by atoms with E-state index < -0.39 is 0 Å². The number of methoxy groups -OCH3 is 1. The summed E-state index contributed by atoms with van der Waals surface area (Å²) in [4.78, 5) is 0. The van der Waals surface area contributed by atoms with Gasteiger partial charge in [-0.15, -0.1) is 0 Å². The minimum absolute atomic E-state index is 0.153. The topological polar surface area (TPSA) is 21.3 Å². The fraction of sp³-hybridized carbons (Fsp3) is 0.400. The molecule has 1 rings (SSSR count). The Morgan fingerprint density at radius 2 is 2.15 bits per heavy atom. The average molecular weight is 183 g/mol. The maximum absolute atomic E-state index is 13.2.